The smallest absolute Gasteiger partial charge is 0.244 e. The molecule has 0 radical (unpaired) electrons. The van der Waals surface area contributed by atoms with Gasteiger partial charge >= 0.3 is 0 Å². The lowest BCUT2D eigenvalue weighted by Crippen LogP contribution is -2.52. The maximum Gasteiger partial charge on any atom is 0.244 e. The Labute approximate surface area is 200 Å². The van der Waals surface area contributed by atoms with Crippen molar-refractivity contribution in [2.45, 2.75) is 46.3 Å². The highest BCUT2D eigenvalue weighted by atomic mass is 32.2. The van der Waals surface area contributed by atoms with Gasteiger partial charge < -0.3 is 15.0 Å². The Hall–Kier alpha value is -3.14. The number of nitrogens with zero attached hydrogens (tertiary/aromatic N) is 2. The molecule has 0 aliphatic heterocycles. The lowest BCUT2D eigenvalue weighted by molar-refractivity contribution is -0.139. The molecule has 186 valence electrons. The Morgan fingerprint density at radius 2 is 1.68 bits per heavy atom. The Balaban J connectivity index is 2.45. The van der Waals surface area contributed by atoms with Crippen LogP contribution in [0.5, 0.6) is 5.75 Å². The van der Waals surface area contributed by atoms with Gasteiger partial charge in [-0.2, -0.15) is 0 Å². The van der Waals surface area contributed by atoms with Crippen molar-refractivity contribution in [1.82, 2.24) is 10.2 Å². The van der Waals surface area contributed by atoms with Crippen molar-refractivity contribution in [2.24, 2.45) is 0 Å². The molecule has 0 aliphatic carbocycles. The molecule has 34 heavy (non-hydrogen) atoms. The van der Waals surface area contributed by atoms with Crippen LogP contribution in [0.2, 0.25) is 0 Å². The van der Waals surface area contributed by atoms with Gasteiger partial charge in [-0.25, -0.2) is 12.8 Å². The van der Waals surface area contributed by atoms with Crippen LogP contribution < -0.4 is 14.4 Å². The van der Waals surface area contributed by atoms with E-state index in [1.54, 1.807) is 45.0 Å². The molecule has 2 aromatic rings. The SMILES string of the molecule is CCOc1ccccc1N(CC(=O)N(Cc1ccccc1F)C(C)C(=O)NC(C)C)S(C)(=O)=O. The standard InChI is InChI=1S/C24H32FN3O5S/c1-6-33-22-14-10-9-13-21(22)28(34(5,31)32)16-23(29)27(18(4)24(30)26-17(2)3)15-19-11-7-8-12-20(19)25/h7-14,17-18H,6,15-16H2,1-5H3,(H,26,30). The number of ether oxygens (including phenoxy) is 1. The van der Waals surface area contributed by atoms with Gasteiger partial charge in [0.2, 0.25) is 21.8 Å². The lowest BCUT2D eigenvalue weighted by Gasteiger charge is -2.32. The quantitative estimate of drug-likeness (QED) is 0.519. The molecule has 1 atom stereocenters. The Morgan fingerprint density at radius 1 is 1.06 bits per heavy atom. The van der Waals surface area contributed by atoms with Crippen LogP contribution in [-0.4, -0.2) is 56.6 Å². The van der Waals surface area contributed by atoms with Gasteiger partial charge in [-0.3, -0.25) is 13.9 Å². The first-order valence-electron chi connectivity index (χ1n) is 11.0. The number of carbonyl (C=O) groups excluding carboxylic acids is 2. The summed E-state index contributed by atoms with van der Waals surface area (Å²) in [5.41, 5.74) is 0.408. The molecule has 0 bridgehead atoms. The van der Waals surface area contributed by atoms with E-state index in [0.29, 0.717) is 12.4 Å². The van der Waals surface area contributed by atoms with E-state index in [2.05, 4.69) is 5.32 Å². The Bertz CT molecular complexity index is 1110. The minimum atomic E-state index is -3.90. The van der Waals surface area contributed by atoms with Gasteiger partial charge in [-0.05, 0) is 45.9 Å². The van der Waals surface area contributed by atoms with E-state index in [9.17, 15) is 22.4 Å². The summed E-state index contributed by atoms with van der Waals surface area (Å²) in [5, 5.41) is 2.74. The van der Waals surface area contributed by atoms with Crippen molar-refractivity contribution in [3.8, 4) is 5.75 Å². The molecule has 0 aromatic heterocycles. The molecule has 8 nitrogen and oxygen atoms in total. The third-order valence-electron chi connectivity index (χ3n) is 5.01. The second-order valence-electron chi connectivity index (χ2n) is 8.12. The number of amides is 2. The number of para-hydroxylation sites is 2. The van der Waals surface area contributed by atoms with E-state index in [1.807, 2.05) is 0 Å². The fourth-order valence-electron chi connectivity index (χ4n) is 3.33. The third kappa shape index (κ3) is 7.18. The minimum absolute atomic E-state index is 0.175. The summed E-state index contributed by atoms with van der Waals surface area (Å²) < 4.78 is 46.2. The van der Waals surface area contributed by atoms with Crippen molar-refractivity contribution < 1.29 is 27.1 Å². The topological polar surface area (TPSA) is 96.0 Å². The number of hydrogen-bond acceptors (Lipinski definition) is 5. The highest BCUT2D eigenvalue weighted by Crippen LogP contribution is 2.30. The predicted octanol–water partition coefficient (Wildman–Crippen LogP) is 2.93. The predicted molar refractivity (Wildman–Crippen MR) is 129 cm³/mol. The van der Waals surface area contributed by atoms with E-state index >= 15 is 0 Å². The number of nitrogens with one attached hydrogen (secondary N) is 1. The number of benzene rings is 2. The molecule has 0 aliphatic rings. The summed E-state index contributed by atoms with van der Waals surface area (Å²) in [6, 6.07) is 11.3. The second-order valence-corrected chi connectivity index (χ2v) is 10.0. The first kappa shape index (κ1) is 27.1. The summed E-state index contributed by atoms with van der Waals surface area (Å²) in [4.78, 5) is 27.4. The van der Waals surface area contributed by atoms with Crippen molar-refractivity contribution in [1.29, 1.82) is 0 Å². The highest BCUT2D eigenvalue weighted by Gasteiger charge is 2.31. The number of hydrogen-bond donors (Lipinski definition) is 1. The first-order chi connectivity index (χ1) is 16.0. The molecule has 10 heteroatoms. The van der Waals surface area contributed by atoms with Crippen LogP contribution in [0.3, 0.4) is 0 Å². The first-order valence-corrected chi connectivity index (χ1v) is 12.8. The van der Waals surface area contributed by atoms with Gasteiger partial charge in [-0.1, -0.05) is 30.3 Å². The minimum Gasteiger partial charge on any atom is -0.492 e. The van der Waals surface area contributed by atoms with Crippen LogP contribution in [0.1, 0.15) is 33.3 Å². The molecule has 0 spiro atoms. The normalized spacial score (nSPS) is 12.2. The van der Waals surface area contributed by atoms with Crippen LogP contribution in [0.15, 0.2) is 48.5 Å². The van der Waals surface area contributed by atoms with Crippen LogP contribution in [-0.2, 0) is 26.2 Å². The van der Waals surface area contributed by atoms with E-state index in [4.69, 9.17) is 4.74 Å². The fourth-order valence-corrected chi connectivity index (χ4v) is 4.19. The summed E-state index contributed by atoms with van der Waals surface area (Å²) in [5.74, 6) is -1.32. The number of anilines is 1. The van der Waals surface area contributed by atoms with Gasteiger partial charge in [0.1, 0.15) is 24.2 Å². The Kier molecular flexibility index (Phi) is 9.43. The van der Waals surface area contributed by atoms with E-state index in [1.165, 1.54) is 36.1 Å². The molecule has 0 saturated carbocycles. The van der Waals surface area contributed by atoms with E-state index < -0.39 is 40.2 Å². The average Bonchev–Trinajstić information content (AvgIpc) is 2.76. The zero-order valence-electron chi connectivity index (χ0n) is 20.1. The van der Waals surface area contributed by atoms with Crippen molar-refractivity contribution in [3.63, 3.8) is 0 Å². The van der Waals surface area contributed by atoms with Gasteiger partial charge in [0, 0.05) is 18.2 Å². The molecule has 0 fully saturated rings. The molecule has 2 aromatic carbocycles. The molecule has 0 heterocycles. The molecule has 2 rings (SSSR count). The zero-order chi connectivity index (χ0) is 25.5. The monoisotopic (exact) mass is 493 g/mol. The fraction of sp³-hybridized carbons (Fsp3) is 0.417. The largest absolute Gasteiger partial charge is 0.492 e. The highest BCUT2D eigenvalue weighted by molar-refractivity contribution is 7.92. The van der Waals surface area contributed by atoms with E-state index in [0.717, 1.165) is 10.6 Å². The van der Waals surface area contributed by atoms with Crippen LogP contribution in [0, 0.1) is 5.82 Å². The van der Waals surface area contributed by atoms with Crippen molar-refractivity contribution in [2.75, 3.05) is 23.7 Å². The van der Waals surface area contributed by atoms with Crippen molar-refractivity contribution >= 4 is 27.5 Å². The van der Waals surface area contributed by atoms with Crippen LogP contribution in [0.4, 0.5) is 10.1 Å². The number of halogens is 1. The third-order valence-corrected chi connectivity index (χ3v) is 6.14. The van der Waals surface area contributed by atoms with Gasteiger partial charge in [0.25, 0.3) is 0 Å². The zero-order valence-corrected chi connectivity index (χ0v) is 20.9. The average molecular weight is 494 g/mol. The number of rotatable bonds is 11. The van der Waals surface area contributed by atoms with Crippen molar-refractivity contribution in [3.05, 3.63) is 59.9 Å². The molecular weight excluding hydrogens is 461 g/mol. The molecule has 0 saturated heterocycles. The van der Waals surface area contributed by atoms with E-state index in [-0.39, 0.29) is 23.8 Å². The van der Waals surface area contributed by atoms with Gasteiger partial charge in [0.15, 0.2) is 0 Å². The number of sulfonamides is 1. The lowest BCUT2D eigenvalue weighted by atomic mass is 10.1. The molecule has 1 N–H and O–H groups in total. The second kappa shape index (κ2) is 11.8. The Morgan fingerprint density at radius 3 is 2.26 bits per heavy atom. The van der Waals surface area contributed by atoms with Gasteiger partial charge in [0.05, 0.1) is 18.6 Å². The number of carbonyl (C=O) groups is 2. The summed E-state index contributed by atoms with van der Waals surface area (Å²) >= 11 is 0. The molecule has 2 amide bonds. The van der Waals surface area contributed by atoms with Crippen LogP contribution >= 0.6 is 0 Å². The van der Waals surface area contributed by atoms with Crippen LogP contribution in [0.25, 0.3) is 0 Å². The maximum absolute atomic E-state index is 14.4. The molecular formula is C24H32FN3O5S. The summed E-state index contributed by atoms with van der Waals surface area (Å²) in [6.07, 6.45) is 0.985. The van der Waals surface area contributed by atoms with Gasteiger partial charge in [-0.15, -0.1) is 0 Å². The molecule has 1 unspecified atom stereocenters. The maximum atomic E-state index is 14.4. The summed E-state index contributed by atoms with van der Waals surface area (Å²) in [7, 11) is -3.90. The summed E-state index contributed by atoms with van der Waals surface area (Å²) in [6.45, 7) is 6.36.